The lowest BCUT2D eigenvalue weighted by molar-refractivity contribution is -0.153. The summed E-state index contributed by atoms with van der Waals surface area (Å²) in [6.45, 7) is -1.08. The number of amides is 1. The van der Waals surface area contributed by atoms with E-state index in [-0.39, 0.29) is 18.1 Å². The smallest absolute Gasteiger partial charge is 0.422 e. The van der Waals surface area contributed by atoms with Gasteiger partial charge in [-0.2, -0.15) is 13.2 Å². The fourth-order valence-corrected chi connectivity index (χ4v) is 2.35. The lowest BCUT2D eigenvalue weighted by atomic mass is 10.2. The predicted octanol–water partition coefficient (Wildman–Crippen LogP) is 4.73. The zero-order chi connectivity index (χ0) is 19.9. The Hall–Kier alpha value is -2.61. The van der Waals surface area contributed by atoms with Gasteiger partial charge in [0, 0.05) is 29.7 Å². The van der Waals surface area contributed by atoms with Gasteiger partial charge in [0.1, 0.15) is 11.5 Å². The topological polar surface area (TPSA) is 59.6 Å². The number of hydrogen-bond donors (Lipinski definition) is 2. The molecule has 146 valence electrons. The van der Waals surface area contributed by atoms with E-state index < -0.39 is 12.8 Å². The van der Waals surface area contributed by atoms with Crippen molar-refractivity contribution < 1.29 is 27.4 Å². The zero-order valence-electron chi connectivity index (χ0n) is 14.4. The number of hydrogen-bond acceptors (Lipinski definition) is 4. The third-order valence-corrected chi connectivity index (χ3v) is 3.58. The van der Waals surface area contributed by atoms with E-state index in [4.69, 9.17) is 16.3 Å². The predicted molar refractivity (Wildman–Crippen MR) is 97.7 cm³/mol. The molecule has 0 aliphatic rings. The number of benzene rings is 2. The molecule has 0 fully saturated rings. The van der Waals surface area contributed by atoms with Crippen LogP contribution < -0.4 is 20.1 Å². The van der Waals surface area contributed by atoms with Crippen molar-refractivity contribution >= 4 is 28.9 Å². The Labute approximate surface area is 159 Å². The summed E-state index contributed by atoms with van der Waals surface area (Å²) in [5, 5.41) is 6.18. The highest BCUT2D eigenvalue weighted by molar-refractivity contribution is 6.30. The normalized spacial score (nSPS) is 11.0. The summed E-state index contributed by atoms with van der Waals surface area (Å²) in [6.07, 6.45) is -4.30. The number of carbonyl (C=O) groups excluding carboxylic acids is 1. The molecule has 2 N–H and O–H groups in total. The minimum atomic E-state index is -4.42. The van der Waals surface area contributed by atoms with Crippen LogP contribution in [0.2, 0.25) is 5.02 Å². The van der Waals surface area contributed by atoms with Crippen molar-refractivity contribution in [2.24, 2.45) is 0 Å². The highest BCUT2D eigenvalue weighted by atomic mass is 35.5. The van der Waals surface area contributed by atoms with E-state index in [0.29, 0.717) is 28.7 Å². The summed E-state index contributed by atoms with van der Waals surface area (Å²) < 4.78 is 46.4. The Morgan fingerprint density at radius 1 is 1.19 bits per heavy atom. The molecule has 0 bridgehead atoms. The van der Waals surface area contributed by atoms with Crippen LogP contribution in [0.4, 0.5) is 24.5 Å². The molecule has 1 amide bonds. The molecule has 27 heavy (non-hydrogen) atoms. The molecule has 5 nitrogen and oxygen atoms in total. The minimum Gasteiger partial charge on any atom is -0.495 e. The van der Waals surface area contributed by atoms with Crippen molar-refractivity contribution in [3.05, 3.63) is 47.5 Å². The number of methoxy groups -OCH3 is 1. The quantitative estimate of drug-likeness (QED) is 0.670. The van der Waals surface area contributed by atoms with Crippen LogP contribution in [0.5, 0.6) is 11.5 Å². The first kappa shape index (κ1) is 20.7. The molecule has 9 heteroatoms. The highest BCUT2D eigenvalue weighted by Crippen LogP contribution is 2.27. The van der Waals surface area contributed by atoms with Gasteiger partial charge in [-0.1, -0.05) is 17.7 Å². The molecule has 2 aromatic rings. The van der Waals surface area contributed by atoms with Crippen molar-refractivity contribution in [2.45, 2.75) is 12.6 Å². The number of halogens is 4. The van der Waals surface area contributed by atoms with Crippen LogP contribution in [0.25, 0.3) is 0 Å². The molecule has 0 atom stereocenters. The summed E-state index contributed by atoms with van der Waals surface area (Å²) in [5.74, 6) is 0.303. The van der Waals surface area contributed by atoms with Crippen molar-refractivity contribution in [1.82, 2.24) is 0 Å². The number of carbonyl (C=O) groups is 1. The Kier molecular flexibility index (Phi) is 7.18. The molecular weight excluding hydrogens is 385 g/mol. The molecule has 0 aromatic heterocycles. The SMILES string of the molecule is COc1ccc(Cl)cc1NCCC(=O)Nc1cccc(OCC(F)(F)F)c1. The second-order valence-electron chi connectivity index (χ2n) is 5.50. The standard InChI is InChI=1S/C18H18ClF3N2O3/c1-26-16-6-5-12(19)9-15(16)23-8-7-17(25)24-13-3-2-4-14(10-13)27-11-18(20,21)22/h2-6,9-10,23H,7-8,11H2,1H3,(H,24,25). The Morgan fingerprint density at radius 3 is 2.67 bits per heavy atom. The number of nitrogens with one attached hydrogen (secondary N) is 2. The lowest BCUT2D eigenvalue weighted by Gasteiger charge is -2.12. The van der Waals surface area contributed by atoms with Gasteiger partial charge in [-0.05, 0) is 30.3 Å². The van der Waals surface area contributed by atoms with Crippen molar-refractivity contribution in [3.63, 3.8) is 0 Å². The Morgan fingerprint density at radius 2 is 1.96 bits per heavy atom. The minimum absolute atomic E-state index is 0.0203. The first-order chi connectivity index (χ1) is 12.8. The molecule has 0 saturated heterocycles. The van der Waals surface area contributed by atoms with Gasteiger partial charge in [-0.3, -0.25) is 4.79 Å². The maximum absolute atomic E-state index is 12.2. The Bertz CT molecular complexity index is 785. The summed E-state index contributed by atoms with van der Waals surface area (Å²) in [7, 11) is 1.52. The van der Waals surface area contributed by atoms with E-state index in [2.05, 4.69) is 15.4 Å². The van der Waals surface area contributed by atoms with Gasteiger partial charge < -0.3 is 20.1 Å². The van der Waals surface area contributed by atoms with Crippen molar-refractivity contribution in [1.29, 1.82) is 0 Å². The lowest BCUT2D eigenvalue weighted by Crippen LogP contribution is -2.19. The zero-order valence-corrected chi connectivity index (χ0v) is 15.2. The number of anilines is 2. The number of ether oxygens (including phenoxy) is 2. The van der Waals surface area contributed by atoms with E-state index in [0.717, 1.165) is 0 Å². The van der Waals surface area contributed by atoms with E-state index >= 15 is 0 Å². The highest BCUT2D eigenvalue weighted by Gasteiger charge is 2.28. The van der Waals surface area contributed by atoms with Gasteiger partial charge in [0.15, 0.2) is 6.61 Å². The first-order valence-electron chi connectivity index (χ1n) is 7.94. The maximum atomic E-state index is 12.2. The summed E-state index contributed by atoms with van der Waals surface area (Å²) >= 11 is 5.93. The van der Waals surface area contributed by atoms with Crippen LogP contribution in [-0.4, -0.2) is 32.3 Å². The van der Waals surface area contributed by atoms with Crippen molar-refractivity contribution in [2.75, 3.05) is 30.9 Å². The second-order valence-corrected chi connectivity index (χ2v) is 5.94. The monoisotopic (exact) mass is 402 g/mol. The molecule has 2 rings (SSSR count). The van der Waals surface area contributed by atoms with E-state index in [1.165, 1.54) is 25.3 Å². The van der Waals surface area contributed by atoms with Crippen LogP contribution in [0.15, 0.2) is 42.5 Å². The van der Waals surface area contributed by atoms with Gasteiger partial charge in [0.25, 0.3) is 0 Å². The molecule has 2 aromatic carbocycles. The average Bonchev–Trinajstić information content (AvgIpc) is 2.60. The number of alkyl halides is 3. The molecule has 0 radical (unpaired) electrons. The van der Waals surface area contributed by atoms with E-state index in [9.17, 15) is 18.0 Å². The van der Waals surface area contributed by atoms with E-state index in [1.54, 1.807) is 24.3 Å². The summed E-state index contributed by atoms with van der Waals surface area (Å²) in [5.41, 5.74) is 1.00. The maximum Gasteiger partial charge on any atom is 0.422 e. The van der Waals surface area contributed by atoms with Crippen LogP contribution in [-0.2, 0) is 4.79 Å². The summed E-state index contributed by atoms with van der Waals surface area (Å²) in [4.78, 5) is 12.0. The number of rotatable bonds is 8. The molecule has 0 aliphatic carbocycles. The third kappa shape index (κ3) is 7.26. The Balaban J connectivity index is 1.85. The van der Waals surface area contributed by atoms with Crippen LogP contribution in [0.3, 0.4) is 0 Å². The molecule has 0 saturated carbocycles. The third-order valence-electron chi connectivity index (χ3n) is 3.35. The van der Waals surface area contributed by atoms with Crippen LogP contribution in [0.1, 0.15) is 6.42 Å². The van der Waals surface area contributed by atoms with Gasteiger partial charge in [-0.25, -0.2) is 0 Å². The largest absolute Gasteiger partial charge is 0.495 e. The fraction of sp³-hybridized carbons (Fsp3) is 0.278. The molecule has 0 unspecified atom stereocenters. The van der Waals surface area contributed by atoms with E-state index in [1.807, 2.05) is 0 Å². The molecular formula is C18H18ClF3N2O3. The summed E-state index contributed by atoms with van der Waals surface area (Å²) in [6, 6.07) is 10.8. The van der Waals surface area contributed by atoms with Crippen molar-refractivity contribution in [3.8, 4) is 11.5 Å². The van der Waals surface area contributed by atoms with Crippen LogP contribution in [0, 0.1) is 0 Å². The fourth-order valence-electron chi connectivity index (χ4n) is 2.18. The molecule has 0 aliphatic heterocycles. The van der Waals surface area contributed by atoms with Gasteiger partial charge in [-0.15, -0.1) is 0 Å². The van der Waals surface area contributed by atoms with Gasteiger partial charge >= 0.3 is 6.18 Å². The molecule has 0 heterocycles. The van der Waals surface area contributed by atoms with Gasteiger partial charge in [0.05, 0.1) is 12.8 Å². The average molecular weight is 403 g/mol. The second kappa shape index (κ2) is 9.36. The molecule has 0 spiro atoms. The van der Waals surface area contributed by atoms with Gasteiger partial charge in [0.2, 0.25) is 5.91 Å². The van der Waals surface area contributed by atoms with Crippen LogP contribution >= 0.6 is 11.6 Å². The first-order valence-corrected chi connectivity index (χ1v) is 8.31.